The van der Waals surface area contributed by atoms with Crippen LogP contribution in [-0.2, 0) is 9.84 Å². The van der Waals surface area contributed by atoms with Crippen LogP contribution in [0.15, 0.2) is 76.7 Å². The van der Waals surface area contributed by atoms with Crippen LogP contribution in [0.1, 0.15) is 23.4 Å². The first-order valence-electron chi connectivity index (χ1n) is 11.8. The molecule has 2 aromatic carbocycles. The smallest absolute Gasteiger partial charge is 0.293 e. The minimum atomic E-state index is -3.28. The van der Waals surface area contributed by atoms with E-state index < -0.39 is 9.84 Å². The van der Waals surface area contributed by atoms with Gasteiger partial charge in [-0.2, -0.15) is 0 Å². The van der Waals surface area contributed by atoms with Gasteiger partial charge in [-0.15, -0.1) is 0 Å². The molecule has 0 radical (unpaired) electrons. The Balaban J connectivity index is 1.16. The van der Waals surface area contributed by atoms with Crippen molar-refractivity contribution in [3.63, 3.8) is 0 Å². The number of ether oxygens (including phenoxy) is 1. The molecule has 10 nitrogen and oxygen atoms in total. The Labute approximate surface area is 212 Å². The fourth-order valence-electron chi connectivity index (χ4n) is 4.59. The minimum Gasteiger partial charge on any atom is -0.474 e. The Bertz CT molecular complexity index is 1670. The van der Waals surface area contributed by atoms with E-state index in [9.17, 15) is 13.2 Å². The lowest BCUT2D eigenvalue weighted by Crippen LogP contribution is -2.41. The highest BCUT2D eigenvalue weighted by atomic mass is 32.2. The average Bonchev–Trinajstić information content (AvgIpc) is 3.57. The van der Waals surface area contributed by atoms with Gasteiger partial charge in [0.2, 0.25) is 11.6 Å². The van der Waals surface area contributed by atoms with E-state index in [1.54, 1.807) is 47.9 Å². The van der Waals surface area contributed by atoms with Crippen molar-refractivity contribution in [1.29, 1.82) is 0 Å². The summed E-state index contributed by atoms with van der Waals surface area (Å²) >= 11 is 0. The van der Waals surface area contributed by atoms with E-state index in [2.05, 4.69) is 15.1 Å². The van der Waals surface area contributed by atoms with Crippen molar-refractivity contribution in [2.24, 2.45) is 0 Å². The zero-order chi connectivity index (χ0) is 25.6. The van der Waals surface area contributed by atoms with Gasteiger partial charge in [-0.3, -0.25) is 14.3 Å². The van der Waals surface area contributed by atoms with Crippen LogP contribution in [0.3, 0.4) is 0 Å². The molecule has 1 amide bonds. The van der Waals surface area contributed by atoms with Gasteiger partial charge in [0.1, 0.15) is 17.9 Å². The third-order valence-corrected chi connectivity index (χ3v) is 7.71. The van der Waals surface area contributed by atoms with Crippen molar-refractivity contribution in [2.75, 3.05) is 19.3 Å². The van der Waals surface area contributed by atoms with Gasteiger partial charge in [0.05, 0.1) is 27.7 Å². The van der Waals surface area contributed by atoms with Gasteiger partial charge in [0.15, 0.2) is 9.84 Å². The van der Waals surface area contributed by atoms with Crippen LogP contribution in [0, 0.1) is 0 Å². The maximum Gasteiger partial charge on any atom is 0.293 e. The highest BCUT2D eigenvalue weighted by molar-refractivity contribution is 7.90. The Hall–Kier alpha value is -4.25. The largest absolute Gasteiger partial charge is 0.474 e. The Morgan fingerprint density at radius 2 is 1.81 bits per heavy atom. The lowest BCUT2D eigenvalue weighted by Gasteiger charge is -2.31. The molecule has 0 unspecified atom stereocenters. The van der Waals surface area contributed by atoms with E-state index in [0.29, 0.717) is 42.7 Å². The summed E-state index contributed by atoms with van der Waals surface area (Å²) < 4.78 is 37.0. The molecule has 0 spiro atoms. The average molecular weight is 518 g/mol. The van der Waals surface area contributed by atoms with Crippen LogP contribution in [0.4, 0.5) is 0 Å². The van der Waals surface area contributed by atoms with E-state index >= 15 is 0 Å². The van der Waals surface area contributed by atoms with Crippen molar-refractivity contribution in [1.82, 2.24) is 24.6 Å². The molecule has 0 bridgehead atoms. The molecule has 188 valence electrons. The Kier molecular flexibility index (Phi) is 5.64. The molecule has 0 atom stereocenters. The predicted molar refractivity (Wildman–Crippen MR) is 135 cm³/mol. The fraction of sp³-hybridized carbons (Fsp3) is 0.231. The number of hydrogen-bond donors (Lipinski definition) is 0. The van der Waals surface area contributed by atoms with E-state index in [4.69, 9.17) is 9.26 Å². The van der Waals surface area contributed by atoms with E-state index in [1.165, 1.54) is 6.26 Å². The van der Waals surface area contributed by atoms with Crippen LogP contribution in [0.2, 0.25) is 0 Å². The zero-order valence-corrected chi connectivity index (χ0v) is 20.8. The summed E-state index contributed by atoms with van der Waals surface area (Å²) in [5.41, 5.74) is 2.97. The highest BCUT2D eigenvalue weighted by Crippen LogP contribution is 2.33. The number of likely N-dealkylation sites (tertiary alicyclic amines) is 1. The number of carbonyl (C=O) groups is 1. The maximum atomic E-state index is 13.0. The van der Waals surface area contributed by atoms with Gasteiger partial charge in [-0.05, 0) is 36.4 Å². The predicted octanol–water partition coefficient (Wildman–Crippen LogP) is 3.60. The molecule has 0 aliphatic carbocycles. The van der Waals surface area contributed by atoms with Gasteiger partial charge in [-0.25, -0.2) is 13.4 Å². The summed E-state index contributed by atoms with van der Waals surface area (Å²) in [6, 6.07) is 14.0. The molecule has 1 fully saturated rings. The molecule has 1 aromatic heterocycles. The van der Waals surface area contributed by atoms with Gasteiger partial charge in [0, 0.05) is 44.1 Å². The second-order valence-corrected chi connectivity index (χ2v) is 11.0. The summed E-state index contributed by atoms with van der Waals surface area (Å²) in [5, 5.41) is 4.70. The maximum absolute atomic E-state index is 13.0. The molecule has 37 heavy (non-hydrogen) atoms. The minimum absolute atomic E-state index is 0.106. The molecule has 1 saturated heterocycles. The first kappa shape index (κ1) is 23.2. The molecule has 3 aromatic rings. The van der Waals surface area contributed by atoms with Crippen molar-refractivity contribution in [3.05, 3.63) is 73.0 Å². The van der Waals surface area contributed by atoms with Crippen LogP contribution in [-0.4, -0.2) is 64.4 Å². The van der Waals surface area contributed by atoms with Crippen LogP contribution in [0.25, 0.3) is 27.8 Å². The number of carbonyl (C=O) groups excluding carboxylic acids is 1. The first-order chi connectivity index (χ1) is 17.9. The van der Waals surface area contributed by atoms with Crippen molar-refractivity contribution >= 4 is 26.6 Å². The summed E-state index contributed by atoms with van der Waals surface area (Å²) in [6.45, 7) is 1.06. The van der Waals surface area contributed by atoms with Gasteiger partial charge < -0.3 is 14.2 Å². The number of benzene rings is 2. The fourth-order valence-corrected chi connectivity index (χ4v) is 5.22. The molecule has 6 rings (SSSR count). The third kappa shape index (κ3) is 4.31. The number of hydrogen-bond acceptors (Lipinski definition) is 8. The third-order valence-electron chi connectivity index (χ3n) is 6.59. The van der Waals surface area contributed by atoms with E-state index in [1.807, 2.05) is 28.8 Å². The molecule has 3 aliphatic rings. The lowest BCUT2D eigenvalue weighted by atomic mass is 10.1. The number of rotatable bonds is 5. The number of sulfone groups is 1. The quantitative estimate of drug-likeness (QED) is 0.347. The number of aromatic nitrogens is 4. The van der Waals surface area contributed by atoms with Gasteiger partial charge in [-0.1, -0.05) is 17.3 Å². The molecule has 11 heteroatoms. The van der Waals surface area contributed by atoms with E-state index in [-0.39, 0.29) is 22.7 Å². The molecule has 3 aliphatic heterocycles. The molecule has 4 heterocycles. The lowest BCUT2D eigenvalue weighted by molar-refractivity contribution is 0.0554. The molecular formula is C26H23N5O5S. The highest BCUT2D eigenvalue weighted by Gasteiger charge is 2.29. The van der Waals surface area contributed by atoms with Crippen molar-refractivity contribution in [2.45, 2.75) is 23.8 Å². The molecule has 0 saturated carbocycles. The number of amides is 1. The number of fused-ring (bicyclic) bond motifs is 2. The van der Waals surface area contributed by atoms with Crippen LogP contribution >= 0.6 is 0 Å². The molecule has 0 N–H and O–H groups in total. The second-order valence-electron chi connectivity index (χ2n) is 9.03. The van der Waals surface area contributed by atoms with Crippen LogP contribution < -0.4 is 4.74 Å². The monoisotopic (exact) mass is 517 g/mol. The van der Waals surface area contributed by atoms with Crippen molar-refractivity contribution in [3.8, 4) is 22.8 Å². The van der Waals surface area contributed by atoms with Crippen LogP contribution in [0.5, 0.6) is 5.88 Å². The summed E-state index contributed by atoms with van der Waals surface area (Å²) in [5.74, 6) is 0.566. The SMILES string of the molecule is CS(=O)(=O)c1ccc(-n2cnc(OC3CCN(C(=O)c4onc5ccccc45)CC3)c3cncc2-3)cc1. The van der Waals surface area contributed by atoms with E-state index in [0.717, 1.165) is 16.9 Å². The summed E-state index contributed by atoms with van der Waals surface area (Å²) in [6.07, 6.45) is 7.44. The zero-order valence-electron chi connectivity index (χ0n) is 19.9. The number of piperidine rings is 1. The van der Waals surface area contributed by atoms with Gasteiger partial charge in [0.25, 0.3) is 5.91 Å². The Morgan fingerprint density at radius 3 is 2.57 bits per heavy atom. The van der Waals surface area contributed by atoms with Gasteiger partial charge >= 0.3 is 0 Å². The van der Waals surface area contributed by atoms with Crippen molar-refractivity contribution < 1.29 is 22.5 Å². The summed E-state index contributed by atoms with van der Waals surface area (Å²) in [7, 11) is -3.28. The topological polar surface area (TPSA) is 120 Å². The normalized spacial score (nSPS) is 14.9. The Morgan fingerprint density at radius 1 is 1.05 bits per heavy atom. The number of nitrogens with zero attached hydrogens (tertiary/aromatic N) is 5. The summed E-state index contributed by atoms with van der Waals surface area (Å²) in [4.78, 5) is 23.8. The first-order valence-corrected chi connectivity index (χ1v) is 13.7. The second kappa shape index (κ2) is 9.00. The standard InChI is InChI=1S/C26H23N5O5S/c1-37(33,34)19-8-6-17(7-9-19)31-16-28-25(21-14-27-15-23(21)31)35-18-10-12-30(13-11-18)26(32)24-20-4-2-3-5-22(20)29-36-24/h2-9,14-16,18H,10-13H2,1H3. The molecular weight excluding hydrogens is 494 g/mol.